The third kappa shape index (κ3) is 3.03. The van der Waals surface area contributed by atoms with Gasteiger partial charge in [-0.1, -0.05) is 37.6 Å². The third-order valence-electron chi connectivity index (χ3n) is 3.47. The highest BCUT2D eigenvalue weighted by molar-refractivity contribution is 5.78. The van der Waals surface area contributed by atoms with E-state index in [9.17, 15) is 5.11 Å². The van der Waals surface area contributed by atoms with Crippen LogP contribution in [-0.2, 0) is 5.41 Å². The molecule has 0 saturated carbocycles. The zero-order valence-electron chi connectivity index (χ0n) is 12.4. The van der Waals surface area contributed by atoms with Gasteiger partial charge < -0.3 is 5.11 Å². The first kappa shape index (κ1) is 13.8. The Bertz CT molecular complexity index is 531. The van der Waals surface area contributed by atoms with Crippen molar-refractivity contribution in [3.8, 4) is 0 Å². The van der Waals surface area contributed by atoms with Crippen LogP contribution >= 0.6 is 0 Å². The fourth-order valence-electron chi connectivity index (χ4n) is 2.16. The number of hydrogen-bond acceptors (Lipinski definition) is 2. The summed E-state index contributed by atoms with van der Waals surface area (Å²) in [5, 5.41) is 15.5. The molecular weight excluding hydrogens is 236 g/mol. The Balaban J connectivity index is 2.30. The van der Waals surface area contributed by atoms with Crippen molar-refractivity contribution < 1.29 is 9.79 Å². The molecule has 0 aliphatic carbocycles. The molecule has 0 atom stereocenters. The van der Waals surface area contributed by atoms with Crippen LogP contribution in [0.25, 0.3) is 0 Å². The van der Waals surface area contributed by atoms with Crippen LogP contribution in [-0.4, -0.2) is 22.3 Å². The molecule has 1 aliphatic heterocycles. The van der Waals surface area contributed by atoms with Gasteiger partial charge in [0, 0.05) is 31.7 Å². The smallest absolute Gasteiger partial charge is 0.203 e. The van der Waals surface area contributed by atoms with E-state index in [1.807, 2.05) is 20.1 Å². The van der Waals surface area contributed by atoms with Gasteiger partial charge in [-0.15, -0.1) is 0 Å². The highest BCUT2D eigenvalue weighted by Crippen LogP contribution is 2.23. The Morgan fingerprint density at radius 1 is 1.21 bits per heavy atom. The van der Waals surface area contributed by atoms with E-state index in [0.717, 1.165) is 5.56 Å². The quantitative estimate of drug-likeness (QED) is 0.712. The average Bonchev–Trinajstić information content (AvgIpc) is 2.51. The summed E-state index contributed by atoms with van der Waals surface area (Å²) in [4.78, 5) is 0. The Labute approximate surface area is 115 Å². The molecule has 3 nitrogen and oxygen atoms in total. The summed E-state index contributed by atoms with van der Waals surface area (Å²) in [5.41, 5.74) is 2.31. The summed E-state index contributed by atoms with van der Waals surface area (Å²) in [6, 6.07) is 8.43. The van der Waals surface area contributed by atoms with Crippen molar-refractivity contribution in [3.63, 3.8) is 0 Å². The van der Waals surface area contributed by atoms with E-state index >= 15 is 0 Å². The van der Waals surface area contributed by atoms with Crippen molar-refractivity contribution in [3.05, 3.63) is 35.4 Å². The topological polar surface area (TPSA) is 38.4 Å². The summed E-state index contributed by atoms with van der Waals surface area (Å²) in [6.07, 6.45) is 2.42. The van der Waals surface area contributed by atoms with Crippen LogP contribution in [0.15, 0.2) is 29.4 Å². The molecule has 0 bridgehead atoms. The monoisotopic (exact) mass is 258 g/mol. The molecule has 0 spiro atoms. The highest BCUT2D eigenvalue weighted by atomic mass is 16.3. The van der Waals surface area contributed by atoms with Crippen LogP contribution in [0.4, 0.5) is 0 Å². The first-order chi connectivity index (χ1) is 8.68. The maximum absolute atomic E-state index is 11.4. The number of nitrogens with zero attached hydrogens (tertiary/aromatic N) is 2. The molecule has 1 aromatic rings. The van der Waals surface area contributed by atoms with Crippen molar-refractivity contribution in [2.75, 3.05) is 0 Å². The lowest BCUT2D eigenvalue weighted by Gasteiger charge is -2.18. The molecule has 102 valence electrons. The summed E-state index contributed by atoms with van der Waals surface area (Å²) in [5.74, 6) is -0.0486. The SMILES string of the molecule is CC(C)(C)c1ccc(/C=[N+]2\N=C([O-])CC2(C)C)cc1. The molecule has 0 unspecified atom stereocenters. The second-order valence-corrected chi connectivity index (χ2v) is 6.83. The molecule has 0 amide bonds. The van der Waals surface area contributed by atoms with E-state index in [0.29, 0.717) is 6.42 Å². The van der Waals surface area contributed by atoms with Crippen molar-refractivity contribution in [2.24, 2.45) is 5.10 Å². The number of hydrazone groups is 1. The molecular formula is C16H22N2O. The van der Waals surface area contributed by atoms with E-state index in [1.54, 1.807) is 4.68 Å². The lowest BCUT2D eigenvalue weighted by Crippen LogP contribution is -2.31. The molecule has 19 heavy (non-hydrogen) atoms. The van der Waals surface area contributed by atoms with Crippen LogP contribution in [0.3, 0.4) is 0 Å². The molecule has 0 radical (unpaired) electrons. The maximum Gasteiger partial charge on any atom is 0.203 e. The minimum absolute atomic E-state index is 0.0486. The van der Waals surface area contributed by atoms with Crippen LogP contribution in [0.2, 0.25) is 0 Å². The van der Waals surface area contributed by atoms with Gasteiger partial charge in [-0.25, -0.2) is 0 Å². The summed E-state index contributed by atoms with van der Waals surface area (Å²) in [7, 11) is 0. The van der Waals surface area contributed by atoms with Gasteiger partial charge in [-0.05, 0) is 28.2 Å². The van der Waals surface area contributed by atoms with Crippen molar-refractivity contribution in [1.29, 1.82) is 0 Å². The third-order valence-corrected chi connectivity index (χ3v) is 3.47. The Kier molecular flexibility index (Phi) is 3.25. The molecule has 0 N–H and O–H groups in total. The van der Waals surface area contributed by atoms with Gasteiger partial charge in [-0.2, -0.15) is 0 Å². The lowest BCUT2D eigenvalue weighted by atomic mass is 9.87. The van der Waals surface area contributed by atoms with Crippen LogP contribution < -0.4 is 5.11 Å². The van der Waals surface area contributed by atoms with E-state index in [-0.39, 0.29) is 16.9 Å². The predicted molar refractivity (Wildman–Crippen MR) is 76.7 cm³/mol. The summed E-state index contributed by atoms with van der Waals surface area (Å²) in [6.45, 7) is 10.7. The van der Waals surface area contributed by atoms with Gasteiger partial charge >= 0.3 is 0 Å². The fraction of sp³-hybridized carbons (Fsp3) is 0.500. The van der Waals surface area contributed by atoms with Crippen molar-refractivity contribution in [1.82, 2.24) is 0 Å². The largest absolute Gasteiger partial charge is 0.857 e. The van der Waals surface area contributed by atoms with Gasteiger partial charge in [0.25, 0.3) is 0 Å². The highest BCUT2D eigenvalue weighted by Gasteiger charge is 2.36. The molecule has 1 aromatic carbocycles. The van der Waals surface area contributed by atoms with Crippen LogP contribution in [0, 0.1) is 0 Å². The first-order valence-electron chi connectivity index (χ1n) is 6.68. The minimum Gasteiger partial charge on any atom is -0.857 e. The Morgan fingerprint density at radius 2 is 1.79 bits per heavy atom. The van der Waals surface area contributed by atoms with Crippen molar-refractivity contribution >= 4 is 12.1 Å². The lowest BCUT2D eigenvalue weighted by molar-refractivity contribution is -0.591. The molecule has 1 aliphatic rings. The average molecular weight is 258 g/mol. The summed E-state index contributed by atoms with van der Waals surface area (Å²) < 4.78 is 1.78. The van der Waals surface area contributed by atoms with Gasteiger partial charge in [0.1, 0.15) is 0 Å². The maximum atomic E-state index is 11.4. The van der Waals surface area contributed by atoms with E-state index in [2.05, 4.69) is 50.1 Å². The molecule has 1 heterocycles. The number of rotatable bonds is 1. The Hall–Kier alpha value is -1.64. The van der Waals surface area contributed by atoms with Crippen LogP contribution in [0.1, 0.15) is 52.2 Å². The van der Waals surface area contributed by atoms with Gasteiger partial charge in [0.05, 0.1) is 0 Å². The summed E-state index contributed by atoms with van der Waals surface area (Å²) >= 11 is 0. The number of benzene rings is 1. The fourth-order valence-corrected chi connectivity index (χ4v) is 2.16. The van der Waals surface area contributed by atoms with Gasteiger partial charge in [0.2, 0.25) is 6.21 Å². The zero-order valence-corrected chi connectivity index (χ0v) is 12.4. The predicted octanol–water partition coefficient (Wildman–Crippen LogP) is 2.27. The zero-order chi connectivity index (χ0) is 14.3. The number of hydrogen-bond donors (Lipinski definition) is 0. The Morgan fingerprint density at radius 3 is 2.21 bits per heavy atom. The molecule has 0 aromatic heterocycles. The van der Waals surface area contributed by atoms with E-state index < -0.39 is 0 Å². The minimum atomic E-state index is -0.222. The van der Waals surface area contributed by atoms with E-state index in [1.165, 1.54) is 5.56 Å². The first-order valence-corrected chi connectivity index (χ1v) is 6.68. The van der Waals surface area contributed by atoms with E-state index in [4.69, 9.17) is 0 Å². The standard InChI is InChI=1S/C16H22N2O/c1-15(2,3)13-8-6-12(7-9-13)11-18-16(4,5)10-14(19)17-18/h6-9,11H,10H2,1-5H3/b18-11-. The van der Waals surface area contributed by atoms with Gasteiger partial charge in [0.15, 0.2) is 5.54 Å². The normalized spacial score (nSPS) is 20.7. The molecule has 3 heteroatoms. The molecule has 2 rings (SSSR count). The molecule has 0 saturated heterocycles. The van der Waals surface area contributed by atoms with Gasteiger partial charge in [-0.3, -0.25) is 0 Å². The van der Waals surface area contributed by atoms with Crippen molar-refractivity contribution in [2.45, 2.75) is 52.0 Å². The van der Waals surface area contributed by atoms with Crippen LogP contribution in [0.5, 0.6) is 0 Å². The second kappa shape index (κ2) is 4.48. The second-order valence-electron chi connectivity index (χ2n) is 6.83. The molecule has 0 fully saturated rings.